The van der Waals surface area contributed by atoms with Crippen LogP contribution in [0.2, 0.25) is 10.0 Å². The SMILES string of the molecule is CC(NCCCc1cnn(C)c1)c1cc(Cl)c(N)c(Cl)c1. The maximum Gasteiger partial charge on any atom is 0.0693 e. The molecule has 0 aliphatic rings. The van der Waals surface area contributed by atoms with Gasteiger partial charge in [-0.25, -0.2) is 0 Å². The van der Waals surface area contributed by atoms with Crippen LogP contribution in [0.15, 0.2) is 24.5 Å². The van der Waals surface area contributed by atoms with Crippen molar-refractivity contribution in [2.45, 2.75) is 25.8 Å². The van der Waals surface area contributed by atoms with E-state index in [1.165, 1.54) is 5.56 Å². The second-order valence-corrected chi connectivity index (χ2v) is 6.01. The molecule has 1 atom stereocenters. The Kier molecular flexibility index (Phi) is 5.51. The molecule has 3 N–H and O–H groups in total. The Labute approximate surface area is 135 Å². The summed E-state index contributed by atoms with van der Waals surface area (Å²) < 4.78 is 1.82. The zero-order valence-corrected chi connectivity index (χ0v) is 13.7. The summed E-state index contributed by atoms with van der Waals surface area (Å²) in [5, 5.41) is 8.63. The average molecular weight is 327 g/mol. The first-order chi connectivity index (χ1) is 9.97. The Morgan fingerprint density at radius 2 is 2.00 bits per heavy atom. The molecule has 0 fully saturated rings. The molecule has 1 aromatic heterocycles. The number of rotatable bonds is 6. The number of anilines is 1. The molecule has 4 nitrogen and oxygen atoms in total. The molecule has 0 bridgehead atoms. The van der Waals surface area contributed by atoms with Crippen LogP contribution >= 0.6 is 23.2 Å². The number of aromatic nitrogens is 2. The monoisotopic (exact) mass is 326 g/mol. The molecule has 21 heavy (non-hydrogen) atoms. The van der Waals surface area contributed by atoms with Crippen molar-refractivity contribution in [1.82, 2.24) is 15.1 Å². The Bertz CT molecular complexity index is 586. The maximum atomic E-state index is 6.06. The summed E-state index contributed by atoms with van der Waals surface area (Å²) in [6, 6.07) is 3.90. The molecule has 0 amide bonds. The molecule has 0 spiro atoms. The van der Waals surface area contributed by atoms with Gasteiger partial charge in [0.2, 0.25) is 0 Å². The lowest BCUT2D eigenvalue weighted by Crippen LogP contribution is -2.20. The molecular formula is C15H20Cl2N4. The number of nitrogens with one attached hydrogen (secondary N) is 1. The smallest absolute Gasteiger partial charge is 0.0693 e. The number of hydrogen-bond acceptors (Lipinski definition) is 3. The third-order valence-corrected chi connectivity index (χ3v) is 4.08. The standard InChI is InChI=1S/C15H20Cl2N4/c1-10(12-6-13(16)15(18)14(17)7-12)19-5-3-4-11-8-20-21(2)9-11/h6-10,19H,3-5,18H2,1-2H3. The van der Waals surface area contributed by atoms with E-state index in [4.69, 9.17) is 28.9 Å². The molecule has 0 saturated carbocycles. The van der Waals surface area contributed by atoms with Crippen molar-refractivity contribution >= 4 is 28.9 Å². The van der Waals surface area contributed by atoms with Crippen LogP contribution in [-0.2, 0) is 13.5 Å². The summed E-state index contributed by atoms with van der Waals surface area (Å²) in [5.41, 5.74) is 8.48. The van der Waals surface area contributed by atoms with Crippen LogP contribution in [0.3, 0.4) is 0 Å². The summed E-state index contributed by atoms with van der Waals surface area (Å²) in [6.45, 7) is 3.00. The molecule has 1 heterocycles. The second-order valence-electron chi connectivity index (χ2n) is 5.20. The van der Waals surface area contributed by atoms with Crippen molar-refractivity contribution in [3.8, 4) is 0 Å². The van der Waals surface area contributed by atoms with Crippen LogP contribution in [0, 0.1) is 0 Å². The number of aryl methyl sites for hydroxylation is 2. The van der Waals surface area contributed by atoms with Crippen LogP contribution in [0.4, 0.5) is 5.69 Å². The highest BCUT2D eigenvalue weighted by atomic mass is 35.5. The Morgan fingerprint density at radius 1 is 1.33 bits per heavy atom. The van der Waals surface area contributed by atoms with E-state index in [1.54, 1.807) is 0 Å². The van der Waals surface area contributed by atoms with E-state index in [-0.39, 0.29) is 6.04 Å². The van der Waals surface area contributed by atoms with Gasteiger partial charge in [0.1, 0.15) is 0 Å². The van der Waals surface area contributed by atoms with Crippen molar-refractivity contribution in [1.29, 1.82) is 0 Å². The van der Waals surface area contributed by atoms with Crippen LogP contribution in [0.25, 0.3) is 0 Å². The van der Waals surface area contributed by atoms with Crippen molar-refractivity contribution in [2.75, 3.05) is 12.3 Å². The molecule has 2 rings (SSSR count). The van der Waals surface area contributed by atoms with Crippen LogP contribution in [0.1, 0.15) is 30.5 Å². The van der Waals surface area contributed by atoms with E-state index < -0.39 is 0 Å². The normalized spacial score (nSPS) is 12.6. The molecule has 114 valence electrons. The van der Waals surface area contributed by atoms with Gasteiger partial charge in [-0.3, -0.25) is 4.68 Å². The van der Waals surface area contributed by atoms with Crippen molar-refractivity contribution in [3.63, 3.8) is 0 Å². The molecule has 1 aromatic carbocycles. The number of nitrogens with two attached hydrogens (primary N) is 1. The van der Waals surface area contributed by atoms with Gasteiger partial charge in [0.15, 0.2) is 0 Å². The summed E-state index contributed by atoms with van der Waals surface area (Å²) in [5.74, 6) is 0. The number of halogens is 2. The van der Waals surface area contributed by atoms with Crippen LogP contribution in [-0.4, -0.2) is 16.3 Å². The topological polar surface area (TPSA) is 55.9 Å². The number of benzene rings is 1. The zero-order chi connectivity index (χ0) is 15.4. The fraction of sp³-hybridized carbons (Fsp3) is 0.400. The third kappa shape index (κ3) is 4.37. The molecular weight excluding hydrogens is 307 g/mol. The molecule has 1 unspecified atom stereocenters. The minimum absolute atomic E-state index is 0.175. The lowest BCUT2D eigenvalue weighted by Gasteiger charge is -2.15. The molecule has 0 aliphatic carbocycles. The van der Waals surface area contributed by atoms with E-state index in [2.05, 4.69) is 17.3 Å². The minimum Gasteiger partial charge on any atom is -0.396 e. The number of hydrogen-bond donors (Lipinski definition) is 2. The van der Waals surface area contributed by atoms with Gasteiger partial charge in [0, 0.05) is 19.3 Å². The largest absolute Gasteiger partial charge is 0.396 e. The molecule has 6 heteroatoms. The fourth-order valence-electron chi connectivity index (χ4n) is 2.18. The lowest BCUT2D eigenvalue weighted by molar-refractivity contribution is 0.558. The van der Waals surface area contributed by atoms with E-state index in [1.807, 2.05) is 36.3 Å². The number of nitrogen functional groups attached to an aromatic ring is 1. The molecule has 0 radical (unpaired) electrons. The molecule has 0 saturated heterocycles. The van der Waals surface area contributed by atoms with Gasteiger partial charge in [-0.15, -0.1) is 0 Å². The Morgan fingerprint density at radius 3 is 2.57 bits per heavy atom. The first kappa shape index (κ1) is 16.1. The summed E-state index contributed by atoms with van der Waals surface area (Å²) in [7, 11) is 1.93. The first-order valence-electron chi connectivity index (χ1n) is 6.92. The predicted molar refractivity (Wildman–Crippen MR) is 88.8 cm³/mol. The van der Waals surface area contributed by atoms with E-state index in [0.717, 1.165) is 24.9 Å². The van der Waals surface area contributed by atoms with E-state index >= 15 is 0 Å². The van der Waals surface area contributed by atoms with Gasteiger partial charge in [-0.1, -0.05) is 23.2 Å². The highest BCUT2D eigenvalue weighted by molar-refractivity contribution is 6.38. The van der Waals surface area contributed by atoms with Crippen LogP contribution < -0.4 is 11.1 Å². The van der Waals surface area contributed by atoms with Crippen molar-refractivity contribution in [2.24, 2.45) is 7.05 Å². The maximum absolute atomic E-state index is 6.06. The highest BCUT2D eigenvalue weighted by Gasteiger charge is 2.10. The zero-order valence-electron chi connectivity index (χ0n) is 12.2. The van der Waals surface area contributed by atoms with E-state index in [0.29, 0.717) is 15.7 Å². The second kappa shape index (κ2) is 7.16. The van der Waals surface area contributed by atoms with Crippen LogP contribution in [0.5, 0.6) is 0 Å². The van der Waals surface area contributed by atoms with Gasteiger partial charge in [-0.05, 0) is 49.6 Å². The number of nitrogens with zero attached hydrogens (tertiary/aromatic N) is 2. The van der Waals surface area contributed by atoms with Gasteiger partial charge >= 0.3 is 0 Å². The highest BCUT2D eigenvalue weighted by Crippen LogP contribution is 2.31. The lowest BCUT2D eigenvalue weighted by atomic mass is 10.1. The van der Waals surface area contributed by atoms with Crippen molar-refractivity contribution < 1.29 is 0 Å². The van der Waals surface area contributed by atoms with Gasteiger partial charge in [0.05, 0.1) is 21.9 Å². The summed E-state index contributed by atoms with van der Waals surface area (Å²) in [6.07, 6.45) is 6.01. The molecule has 2 aromatic rings. The summed E-state index contributed by atoms with van der Waals surface area (Å²) in [4.78, 5) is 0. The van der Waals surface area contributed by atoms with E-state index in [9.17, 15) is 0 Å². The first-order valence-corrected chi connectivity index (χ1v) is 7.68. The van der Waals surface area contributed by atoms with Gasteiger partial charge in [-0.2, -0.15) is 5.10 Å². The van der Waals surface area contributed by atoms with Gasteiger partial charge in [0.25, 0.3) is 0 Å². The quantitative estimate of drug-likeness (QED) is 0.630. The predicted octanol–water partition coefficient (Wildman–Crippen LogP) is 3.59. The summed E-state index contributed by atoms with van der Waals surface area (Å²) >= 11 is 12.1. The Hall–Kier alpha value is -1.23. The third-order valence-electron chi connectivity index (χ3n) is 3.45. The average Bonchev–Trinajstić information content (AvgIpc) is 2.85. The van der Waals surface area contributed by atoms with Crippen molar-refractivity contribution in [3.05, 3.63) is 45.7 Å². The Balaban J connectivity index is 1.83. The molecule has 0 aliphatic heterocycles. The fourth-order valence-corrected chi connectivity index (χ4v) is 2.69. The van der Waals surface area contributed by atoms with Gasteiger partial charge < -0.3 is 11.1 Å². The minimum atomic E-state index is 0.175.